The molecule has 0 saturated carbocycles. The second-order valence-corrected chi connectivity index (χ2v) is 11.0. The number of aliphatic hydroxyl groups excluding tert-OH is 1. The van der Waals surface area contributed by atoms with Gasteiger partial charge in [0.15, 0.2) is 6.29 Å². The number of unbranched alkanes of at least 4 members (excludes halogenated alkanes) is 3. The molecule has 1 heterocycles. The molecule has 1 amide bonds. The number of allylic oxidation sites excluding steroid dienone is 1. The molecule has 1 aliphatic rings. The molecule has 314 valence electrons. The molecule has 0 aromatic heterocycles. The maximum absolute atomic E-state index is 12.7. The van der Waals surface area contributed by atoms with Crippen LogP contribution < -0.4 is 5.32 Å². The summed E-state index contributed by atoms with van der Waals surface area (Å²) in [7, 11) is 0. The smallest absolute Gasteiger partial charge is 0.297 e. The second-order valence-electron chi connectivity index (χ2n) is 11.0. The largest absolute Gasteiger partial charge is 0.391 e. The SMILES string of the molecule is C=CCC1O[C@H](OC[C@H](NC(=O)C#CC#CC#CC#CC#CC#CC#CC#CC#CC#CC#CC#CC)[C@H](O)CCCCCC)[C@@H](C=C)C(C=C)[C@H]1C=C.[HH].[HH].[HH].[HH].[HH].[HH].[HH].[HH].[HH].[HH].[HH].[HH].[HH].[HH].[HH].[HH].[HH].[HH].[HH].[HH].[HH].[HH].[HH].[HH]. The van der Waals surface area contributed by atoms with Crippen molar-refractivity contribution < 1.29 is 53.6 Å². The number of amides is 1. The van der Waals surface area contributed by atoms with Gasteiger partial charge in [-0.2, -0.15) is 0 Å². The van der Waals surface area contributed by atoms with Gasteiger partial charge in [0.1, 0.15) is 0 Å². The van der Waals surface area contributed by atoms with Gasteiger partial charge in [-0.3, -0.25) is 4.79 Å². The number of rotatable bonds is 15. The van der Waals surface area contributed by atoms with Crippen LogP contribution in [0.25, 0.3) is 0 Å². The highest BCUT2D eigenvalue weighted by atomic mass is 16.7. The van der Waals surface area contributed by atoms with E-state index in [1.165, 1.54) is 0 Å². The predicted octanol–water partition coefficient (Wildman–Crippen LogP) is 10.5. The number of carbonyl (C=O) groups is 1. The van der Waals surface area contributed by atoms with Crippen LogP contribution in [0.15, 0.2) is 50.6 Å². The summed E-state index contributed by atoms with van der Waals surface area (Å²) in [5.74, 6) is 59.5. The Morgan fingerprint density at radius 3 is 1.59 bits per heavy atom. The van der Waals surface area contributed by atoms with Gasteiger partial charge in [0.2, 0.25) is 0 Å². The lowest BCUT2D eigenvalue weighted by atomic mass is 9.75. The third-order valence-electron chi connectivity index (χ3n) is 7.34. The molecule has 5 nitrogen and oxygen atoms in total. The molecule has 2 N–H and O–H groups in total. The Morgan fingerprint density at radius 2 is 1.17 bits per heavy atom. The van der Waals surface area contributed by atoms with Crippen molar-refractivity contribution in [3.63, 3.8) is 0 Å². The molecule has 0 aromatic rings. The minimum Gasteiger partial charge on any atom is -0.391 e. The first-order valence-corrected chi connectivity index (χ1v) is 17.1. The van der Waals surface area contributed by atoms with E-state index in [9.17, 15) is 9.90 Å². The summed E-state index contributed by atoms with van der Waals surface area (Å²) in [6, 6.07) is -0.738. The Hall–Kier alpha value is -6.97. The van der Waals surface area contributed by atoms with Gasteiger partial charge in [-0.1, -0.05) is 62.8 Å². The lowest BCUT2D eigenvalue weighted by molar-refractivity contribution is -0.236. The fraction of sp³-hybridized carbons (Fsp3) is 0.327. The number of nitrogens with one attached hydrogen (secondary N) is 1. The molecule has 0 bridgehead atoms. The Bertz CT molecular complexity index is 2200. The summed E-state index contributed by atoms with van der Waals surface area (Å²) < 4.78 is 12.5. The van der Waals surface area contributed by atoms with Crippen LogP contribution >= 0.6 is 0 Å². The average molecular weight is 756 g/mol. The van der Waals surface area contributed by atoms with Crippen molar-refractivity contribution in [2.24, 2.45) is 17.8 Å². The zero-order chi connectivity index (χ0) is 39.5. The fourth-order valence-electron chi connectivity index (χ4n) is 4.87. The predicted molar refractivity (Wildman–Crippen MR) is 267 cm³/mol. The number of ether oxygens (including phenoxy) is 2. The Morgan fingerprint density at radius 1 is 0.704 bits per heavy atom. The molecule has 2 unspecified atom stereocenters. The van der Waals surface area contributed by atoms with Crippen LogP contribution in [-0.2, 0) is 14.3 Å². The first kappa shape index (κ1) is 45.1. The van der Waals surface area contributed by atoms with E-state index in [0.717, 1.165) is 25.7 Å². The number of aliphatic hydroxyl groups is 1. The highest BCUT2D eigenvalue weighted by Crippen LogP contribution is 2.39. The third kappa shape index (κ3) is 20.0. The maximum Gasteiger partial charge on any atom is 0.297 e. The lowest BCUT2D eigenvalue weighted by Gasteiger charge is -2.44. The number of carbonyl (C=O) groups excluding carboxylic acids is 1. The molecule has 0 aliphatic carbocycles. The lowest BCUT2D eigenvalue weighted by Crippen LogP contribution is -2.50. The van der Waals surface area contributed by atoms with E-state index in [2.05, 4.69) is 181 Å². The molecule has 0 spiro atoms. The summed E-state index contributed by atoms with van der Waals surface area (Å²) >= 11 is 0. The van der Waals surface area contributed by atoms with Crippen molar-refractivity contribution >= 4 is 5.91 Å². The topological polar surface area (TPSA) is 67.8 Å². The highest BCUT2D eigenvalue weighted by Gasteiger charge is 2.42. The quantitative estimate of drug-likeness (QED) is 0.0992. The van der Waals surface area contributed by atoms with Crippen LogP contribution in [0.3, 0.4) is 0 Å². The summed E-state index contributed by atoms with van der Waals surface area (Å²) in [6.07, 6.45) is 10.5. The van der Waals surface area contributed by atoms with Gasteiger partial charge in [-0.25, -0.2) is 0 Å². The highest BCUT2D eigenvalue weighted by molar-refractivity contribution is 5.94. The van der Waals surface area contributed by atoms with Gasteiger partial charge in [-0.05, 0) is 120 Å². The molecule has 1 fully saturated rings. The van der Waals surface area contributed by atoms with Gasteiger partial charge >= 0.3 is 0 Å². The van der Waals surface area contributed by atoms with Crippen LogP contribution in [0.4, 0.5) is 0 Å². The zero-order valence-corrected chi connectivity index (χ0v) is 30.8. The van der Waals surface area contributed by atoms with Crippen LogP contribution in [0, 0.1) is 160 Å². The van der Waals surface area contributed by atoms with E-state index in [-0.39, 0.29) is 64.7 Å². The van der Waals surface area contributed by atoms with Gasteiger partial charge < -0.3 is 19.9 Å². The van der Waals surface area contributed by atoms with Crippen LogP contribution in [0.5, 0.6) is 0 Å². The molecule has 0 radical (unpaired) electrons. The standard InChI is InChI=1S/C49H41NO4.24H2/c1-7-13-15-17-18-19-20-21-22-23-24-25-26-27-28-29-30-31-32-33-34-35-37-40-48(52)50-45(46(51)39-36-16-14-8-2)41-53-49-44(12-6)42(10-4)43(11-5)47(54-49)38-9-3;;;;;;;;;;;;;;;;;;;;;;;;/h9-12,42-47,49,51H,3-6,8,14,16,36,38-39,41H2,1-2H3,(H,50,52);24*1H/t42?,43-,44+,45+,46-,47?,49+;;;;;;;;;;;;;;;;;;;;;;;;/m1......................../s1. The Labute approximate surface area is 359 Å². The van der Waals surface area contributed by atoms with E-state index >= 15 is 0 Å². The van der Waals surface area contributed by atoms with E-state index < -0.39 is 24.3 Å². The van der Waals surface area contributed by atoms with Gasteiger partial charge in [-0.15, -0.1) is 26.3 Å². The van der Waals surface area contributed by atoms with Crippen LogP contribution in [0.2, 0.25) is 0 Å². The summed E-state index contributed by atoms with van der Waals surface area (Å²) in [5.41, 5.74) is 0. The van der Waals surface area contributed by atoms with Gasteiger partial charge in [0, 0.05) is 87.5 Å². The monoisotopic (exact) mass is 756 g/mol. The molecular formula is C49H89NO4. The Balaban J connectivity index is -0.0000000552. The van der Waals surface area contributed by atoms with E-state index in [1.807, 2.05) is 12.2 Å². The molecule has 5 heteroatoms. The molecule has 1 aliphatic heterocycles. The van der Waals surface area contributed by atoms with Crippen molar-refractivity contribution in [2.75, 3.05) is 6.61 Å². The molecule has 0 aromatic carbocycles. The number of hydrogen-bond donors (Lipinski definition) is 2. The zero-order valence-electron chi connectivity index (χ0n) is 30.8. The summed E-state index contributed by atoms with van der Waals surface area (Å²) in [5, 5.41) is 13.8. The number of hydrogen-bond acceptors (Lipinski definition) is 4. The van der Waals surface area contributed by atoms with E-state index in [1.54, 1.807) is 19.1 Å². The van der Waals surface area contributed by atoms with Gasteiger partial charge in [0.25, 0.3) is 5.91 Å². The van der Waals surface area contributed by atoms with Crippen molar-refractivity contribution in [2.45, 2.75) is 76.9 Å². The Kier molecular flexibility index (Phi) is 25.7. The minimum absolute atomic E-state index is 0. The normalized spacial score (nSPS) is 17.4. The first-order valence-electron chi connectivity index (χ1n) is 17.1. The molecular weight excluding hydrogens is 667 g/mol. The maximum atomic E-state index is 12.7. The molecule has 7 atom stereocenters. The van der Waals surface area contributed by atoms with Crippen LogP contribution in [-0.4, -0.2) is 42.2 Å². The fourth-order valence-corrected chi connectivity index (χ4v) is 4.87. The third-order valence-corrected chi connectivity index (χ3v) is 7.34. The average Bonchev–Trinajstić information content (AvgIpc) is 3.17. The molecule has 1 saturated heterocycles. The minimum atomic E-state index is -0.861. The van der Waals surface area contributed by atoms with Gasteiger partial charge in [0.05, 0.1) is 24.9 Å². The summed E-state index contributed by atoms with van der Waals surface area (Å²) in [6.45, 7) is 19.6. The first-order chi connectivity index (χ1) is 26.5. The van der Waals surface area contributed by atoms with E-state index in [4.69, 9.17) is 9.47 Å². The second kappa shape index (κ2) is 30.8. The summed E-state index contributed by atoms with van der Waals surface area (Å²) in [4.78, 5) is 12.7. The van der Waals surface area contributed by atoms with E-state index in [0.29, 0.717) is 12.8 Å². The molecule has 1 rings (SSSR count). The van der Waals surface area contributed by atoms with Crippen molar-refractivity contribution in [3.05, 3.63) is 50.6 Å². The molecule has 54 heavy (non-hydrogen) atoms. The van der Waals surface area contributed by atoms with Crippen molar-refractivity contribution in [1.29, 1.82) is 0 Å². The van der Waals surface area contributed by atoms with Crippen molar-refractivity contribution in [1.82, 2.24) is 5.32 Å². The van der Waals surface area contributed by atoms with Crippen LogP contribution in [0.1, 0.15) is 86.6 Å². The van der Waals surface area contributed by atoms with Crippen molar-refractivity contribution in [3.8, 4) is 142 Å².